The predicted octanol–water partition coefficient (Wildman–Crippen LogP) is 1.77. The first-order valence-corrected chi connectivity index (χ1v) is 8.22. The van der Waals surface area contributed by atoms with Crippen LogP contribution < -0.4 is 0 Å². The Bertz CT molecular complexity index is 648. The molecule has 0 aromatic heterocycles. The van der Waals surface area contributed by atoms with Gasteiger partial charge in [-0.3, -0.25) is 0 Å². The Balaban J connectivity index is 2.47. The Kier molecular flexibility index (Phi) is 4.60. The van der Waals surface area contributed by atoms with Crippen molar-refractivity contribution in [1.29, 1.82) is 0 Å². The normalized spacial score (nSPS) is 19.7. The Hall–Kier alpha value is -0.730. The lowest BCUT2D eigenvalue weighted by Gasteiger charge is -2.37. The van der Waals surface area contributed by atoms with Gasteiger partial charge in [0.2, 0.25) is 10.0 Å². The highest BCUT2D eigenvalue weighted by atomic mass is 35.5. The highest BCUT2D eigenvalue weighted by Gasteiger charge is 2.36. The van der Waals surface area contributed by atoms with Gasteiger partial charge in [-0.2, -0.15) is 4.31 Å². The summed E-state index contributed by atoms with van der Waals surface area (Å²) in [5.41, 5.74) is -0.784. The summed E-state index contributed by atoms with van der Waals surface area (Å²) in [4.78, 5) is -0.517. The van der Waals surface area contributed by atoms with Crippen LogP contribution in [0, 0.1) is 5.82 Å². The minimum Gasteiger partial charge on any atom is -0.392 e. The fourth-order valence-corrected chi connectivity index (χ4v) is 4.25. The first kappa shape index (κ1) is 16.6. The third-order valence-electron chi connectivity index (χ3n) is 3.26. The van der Waals surface area contributed by atoms with Crippen molar-refractivity contribution in [2.24, 2.45) is 0 Å². The van der Waals surface area contributed by atoms with Crippen molar-refractivity contribution in [1.82, 2.24) is 4.31 Å². The molecule has 118 valence electrons. The second-order valence-electron chi connectivity index (χ2n) is 5.48. The number of hydrogen-bond donors (Lipinski definition) is 1. The predicted molar refractivity (Wildman–Crippen MR) is 76.1 cm³/mol. The number of benzene rings is 1. The topological polar surface area (TPSA) is 66.8 Å². The van der Waals surface area contributed by atoms with Crippen LogP contribution in [-0.4, -0.2) is 43.1 Å². The molecule has 0 amide bonds. The molecule has 0 unspecified atom stereocenters. The van der Waals surface area contributed by atoms with Gasteiger partial charge in [0.1, 0.15) is 10.7 Å². The zero-order valence-electron chi connectivity index (χ0n) is 11.8. The zero-order chi connectivity index (χ0) is 15.8. The maximum absolute atomic E-state index is 14.2. The first-order valence-electron chi connectivity index (χ1n) is 6.40. The summed E-state index contributed by atoms with van der Waals surface area (Å²) in [6.45, 7) is 3.41. The standard InChI is InChI=1S/C13H17ClFNO4S/c1-13(2)8-16(3-4-20-13)21(18,19)11-6-10(14)5-9(7-17)12(11)15/h5-6,17H,3-4,7-8H2,1-2H3. The molecule has 0 bridgehead atoms. The fraction of sp³-hybridized carbons (Fsp3) is 0.538. The monoisotopic (exact) mass is 337 g/mol. The summed E-state index contributed by atoms with van der Waals surface area (Å²) in [5, 5.41) is 9.16. The van der Waals surface area contributed by atoms with Crippen molar-refractivity contribution in [3.8, 4) is 0 Å². The molecule has 0 spiro atoms. The van der Waals surface area contributed by atoms with E-state index in [9.17, 15) is 12.8 Å². The minimum atomic E-state index is -4.04. The van der Waals surface area contributed by atoms with Crippen molar-refractivity contribution in [3.63, 3.8) is 0 Å². The van der Waals surface area contributed by atoms with Crippen LogP contribution in [-0.2, 0) is 21.4 Å². The van der Waals surface area contributed by atoms with E-state index in [-0.39, 0.29) is 30.3 Å². The molecule has 1 fully saturated rings. The third kappa shape index (κ3) is 3.37. The molecule has 1 aliphatic heterocycles. The second-order valence-corrected chi connectivity index (χ2v) is 7.82. The molecule has 8 heteroatoms. The maximum atomic E-state index is 14.2. The number of ether oxygens (including phenoxy) is 1. The van der Waals surface area contributed by atoms with Gasteiger partial charge in [0, 0.05) is 23.7 Å². The number of morpholine rings is 1. The molecule has 5 nitrogen and oxygen atoms in total. The lowest BCUT2D eigenvalue weighted by atomic mass is 10.1. The fourth-order valence-electron chi connectivity index (χ4n) is 2.24. The van der Waals surface area contributed by atoms with E-state index >= 15 is 0 Å². The van der Waals surface area contributed by atoms with Crippen LogP contribution >= 0.6 is 11.6 Å². The van der Waals surface area contributed by atoms with E-state index in [2.05, 4.69) is 0 Å². The largest absolute Gasteiger partial charge is 0.392 e. The van der Waals surface area contributed by atoms with Gasteiger partial charge in [0.15, 0.2) is 0 Å². The second kappa shape index (κ2) is 5.81. The van der Waals surface area contributed by atoms with Gasteiger partial charge in [-0.1, -0.05) is 11.6 Å². The zero-order valence-corrected chi connectivity index (χ0v) is 13.3. The van der Waals surface area contributed by atoms with Gasteiger partial charge in [0.25, 0.3) is 0 Å². The van der Waals surface area contributed by atoms with E-state index in [0.717, 1.165) is 6.07 Å². The number of rotatable bonds is 3. The highest BCUT2D eigenvalue weighted by Crippen LogP contribution is 2.29. The Morgan fingerprint density at radius 3 is 2.71 bits per heavy atom. The summed E-state index contributed by atoms with van der Waals surface area (Å²) in [6, 6.07) is 2.27. The molecule has 1 aliphatic rings. The van der Waals surface area contributed by atoms with E-state index in [1.165, 1.54) is 10.4 Å². The minimum absolute atomic E-state index is 0.0616. The van der Waals surface area contributed by atoms with Crippen LogP contribution in [0.5, 0.6) is 0 Å². The van der Waals surface area contributed by atoms with Crippen molar-refractivity contribution in [2.45, 2.75) is 31.0 Å². The molecular weight excluding hydrogens is 321 g/mol. The lowest BCUT2D eigenvalue weighted by Crippen LogP contribution is -2.50. The SMILES string of the molecule is CC1(C)CN(S(=O)(=O)c2cc(Cl)cc(CO)c2F)CCO1. The number of aliphatic hydroxyl groups excluding tert-OH is 1. The molecule has 0 aliphatic carbocycles. The van der Waals surface area contributed by atoms with Crippen LogP contribution in [0.3, 0.4) is 0 Å². The van der Waals surface area contributed by atoms with E-state index in [1.807, 2.05) is 0 Å². The number of nitrogens with zero attached hydrogens (tertiary/aromatic N) is 1. The first-order chi connectivity index (χ1) is 9.67. The van der Waals surface area contributed by atoms with Crippen LogP contribution in [0.25, 0.3) is 0 Å². The maximum Gasteiger partial charge on any atom is 0.246 e. The van der Waals surface area contributed by atoms with E-state index < -0.39 is 32.9 Å². The van der Waals surface area contributed by atoms with Crippen LogP contribution in [0.4, 0.5) is 4.39 Å². The molecule has 1 saturated heterocycles. The number of hydrogen-bond acceptors (Lipinski definition) is 4. The summed E-state index contributed by atoms with van der Waals surface area (Å²) < 4.78 is 46.1. The van der Waals surface area contributed by atoms with Gasteiger partial charge >= 0.3 is 0 Å². The van der Waals surface area contributed by atoms with Crippen molar-refractivity contribution >= 4 is 21.6 Å². The Labute approximate surface area is 128 Å². The van der Waals surface area contributed by atoms with Gasteiger partial charge in [-0.25, -0.2) is 12.8 Å². The average Bonchev–Trinajstić information content (AvgIpc) is 2.39. The van der Waals surface area contributed by atoms with Crippen molar-refractivity contribution in [3.05, 3.63) is 28.5 Å². The molecule has 1 heterocycles. The number of aliphatic hydroxyl groups is 1. The van der Waals surface area contributed by atoms with Crippen LogP contribution in [0.2, 0.25) is 5.02 Å². The van der Waals surface area contributed by atoms with Gasteiger partial charge < -0.3 is 9.84 Å². The molecule has 1 N–H and O–H groups in total. The molecule has 21 heavy (non-hydrogen) atoms. The molecule has 1 aromatic rings. The highest BCUT2D eigenvalue weighted by molar-refractivity contribution is 7.89. The van der Waals surface area contributed by atoms with Crippen molar-refractivity contribution < 1.29 is 22.7 Å². The molecule has 0 radical (unpaired) electrons. The summed E-state index contributed by atoms with van der Waals surface area (Å²) in [5.74, 6) is -0.966. The summed E-state index contributed by atoms with van der Waals surface area (Å²) >= 11 is 5.82. The van der Waals surface area contributed by atoms with Crippen LogP contribution in [0.15, 0.2) is 17.0 Å². The summed E-state index contributed by atoms with van der Waals surface area (Å²) in [6.07, 6.45) is 0. The van der Waals surface area contributed by atoms with Gasteiger partial charge in [-0.05, 0) is 26.0 Å². The van der Waals surface area contributed by atoms with Crippen LogP contribution in [0.1, 0.15) is 19.4 Å². The number of sulfonamides is 1. The Morgan fingerprint density at radius 1 is 1.48 bits per heavy atom. The van der Waals surface area contributed by atoms with Gasteiger partial charge in [0.05, 0.1) is 18.8 Å². The summed E-state index contributed by atoms with van der Waals surface area (Å²) in [7, 11) is -4.04. The average molecular weight is 338 g/mol. The quantitative estimate of drug-likeness (QED) is 0.913. The van der Waals surface area contributed by atoms with E-state index in [0.29, 0.717) is 0 Å². The lowest BCUT2D eigenvalue weighted by molar-refractivity contribution is -0.0640. The van der Waals surface area contributed by atoms with E-state index in [4.69, 9.17) is 21.4 Å². The Morgan fingerprint density at radius 2 is 2.14 bits per heavy atom. The third-order valence-corrected chi connectivity index (χ3v) is 5.32. The van der Waals surface area contributed by atoms with E-state index in [1.54, 1.807) is 13.8 Å². The smallest absolute Gasteiger partial charge is 0.246 e. The molecular formula is C13H17ClFNO4S. The van der Waals surface area contributed by atoms with Gasteiger partial charge in [-0.15, -0.1) is 0 Å². The van der Waals surface area contributed by atoms with Crippen molar-refractivity contribution in [2.75, 3.05) is 19.7 Å². The molecule has 0 saturated carbocycles. The molecule has 2 rings (SSSR count). The number of halogens is 2. The molecule has 0 atom stereocenters. The molecule has 1 aromatic carbocycles.